The van der Waals surface area contributed by atoms with E-state index in [1.165, 1.54) is 0 Å². The Morgan fingerprint density at radius 1 is 1.62 bits per heavy atom. The summed E-state index contributed by atoms with van der Waals surface area (Å²) in [6.45, 7) is 2.59. The molecule has 0 spiro atoms. The molecule has 0 aromatic carbocycles. The molecule has 0 saturated carbocycles. The maximum absolute atomic E-state index is 9.39. The summed E-state index contributed by atoms with van der Waals surface area (Å²) in [6, 6.07) is 0. The molecule has 1 aromatic heterocycles. The predicted molar refractivity (Wildman–Crippen MR) is 66.9 cm³/mol. The highest BCUT2D eigenvalue weighted by atomic mass is 79.9. The molecule has 16 heavy (non-hydrogen) atoms. The molecule has 5 N–H and O–H groups in total. The smallest absolute Gasteiger partial charge is 0.239 e. The monoisotopic (exact) mass is 289 g/mol. The number of hydrogen-bond acceptors (Lipinski definition) is 6. The molecule has 0 saturated heterocycles. The van der Waals surface area contributed by atoms with Gasteiger partial charge >= 0.3 is 0 Å². The number of nitrogens with two attached hydrogens (primary N) is 1. The third-order valence-electron chi connectivity index (χ3n) is 2.11. The van der Waals surface area contributed by atoms with E-state index in [1.807, 2.05) is 6.92 Å². The normalized spacial score (nSPS) is 12.2. The van der Waals surface area contributed by atoms with E-state index in [4.69, 9.17) is 5.84 Å². The number of nitrogens with one attached hydrogen (secondary N) is 2. The Kier molecular flexibility index (Phi) is 5.44. The van der Waals surface area contributed by atoms with E-state index >= 15 is 0 Å². The summed E-state index contributed by atoms with van der Waals surface area (Å²) in [5.41, 5.74) is 2.37. The van der Waals surface area contributed by atoms with Crippen molar-refractivity contribution in [3.63, 3.8) is 0 Å². The van der Waals surface area contributed by atoms with Crippen molar-refractivity contribution in [2.45, 2.75) is 25.9 Å². The molecular formula is C9H16BrN5O. The maximum Gasteiger partial charge on any atom is 0.239 e. The lowest BCUT2D eigenvalue weighted by atomic mass is 10.2. The van der Waals surface area contributed by atoms with Crippen LogP contribution in [0.1, 0.15) is 19.8 Å². The molecule has 0 bridgehead atoms. The van der Waals surface area contributed by atoms with Gasteiger partial charge in [-0.2, -0.15) is 4.98 Å². The van der Waals surface area contributed by atoms with E-state index in [1.54, 1.807) is 6.20 Å². The van der Waals surface area contributed by atoms with E-state index in [-0.39, 0.29) is 6.10 Å². The highest BCUT2D eigenvalue weighted by Gasteiger charge is 2.05. The Morgan fingerprint density at radius 3 is 3.00 bits per heavy atom. The van der Waals surface area contributed by atoms with Gasteiger partial charge in [0.15, 0.2) is 0 Å². The minimum absolute atomic E-state index is 0.278. The molecule has 1 rings (SSSR count). The first kappa shape index (κ1) is 13.1. The van der Waals surface area contributed by atoms with Crippen LogP contribution in [0, 0.1) is 0 Å². The number of nitrogen functional groups attached to an aromatic ring is 1. The third-order valence-corrected chi connectivity index (χ3v) is 2.69. The molecule has 7 heteroatoms. The molecule has 0 fully saturated rings. The van der Waals surface area contributed by atoms with Gasteiger partial charge in [-0.3, -0.25) is 5.43 Å². The molecule has 0 aliphatic carbocycles. The number of halogens is 1. The van der Waals surface area contributed by atoms with E-state index in [0.29, 0.717) is 24.7 Å². The average molecular weight is 290 g/mol. The first-order valence-electron chi connectivity index (χ1n) is 5.08. The Balaban J connectivity index is 2.52. The number of aliphatic hydroxyl groups is 1. The van der Waals surface area contributed by atoms with Crippen molar-refractivity contribution in [2.75, 3.05) is 17.3 Å². The fourth-order valence-corrected chi connectivity index (χ4v) is 1.45. The second-order valence-electron chi connectivity index (χ2n) is 3.31. The minimum Gasteiger partial charge on any atom is -0.393 e. The first-order valence-corrected chi connectivity index (χ1v) is 5.87. The molecule has 1 aromatic rings. The van der Waals surface area contributed by atoms with Gasteiger partial charge in [-0.15, -0.1) is 0 Å². The molecular weight excluding hydrogens is 274 g/mol. The highest BCUT2D eigenvalue weighted by Crippen LogP contribution is 2.19. The fourth-order valence-electron chi connectivity index (χ4n) is 1.12. The number of rotatable bonds is 6. The quantitative estimate of drug-likeness (QED) is 0.463. The summed E-state index contributed by atoms with van der Waals surface area (Å²) in [4.78, 5) is 8.06. The molecule has 0 aliphatic rings. The van der Waals surface area contributed by atoms with E-state index < -0.39 is 0 Å². The van der Waals surface area contributed by atoms with Crippen molar-refractivity contribution in [1.82, 2.24) is 9.97 Å². The summed E-state index contributed by atoms with van der Waals surface area (Å²) >= 11 is 3.33. The minimum atomic E-state index is -0.278. The first-order chi connectivity index (χ1) is 7.67. The van der Waals surface area contributed by atoms with Gasteiger partial charge in [0, 0.05) is 12.7 Å². The van der Waals surface area contributed by atoms with Gasteiger partial charge in [0.25, 0.3) is 0 Å². The van der Waals surface area contributed by atoms with Gasteiger partial charge in [0.05, 0.1) is 10.6 Å². The van der Waals surface area contributed by atoms with Crippen LogP contribution in [0.25, 0.3) is 0 Å². The van der Waals surface area contributed by atoms with Crippen LogP contribution >= 0.6 is 15.9 Å². The van der Waals surface area contributed by atoms with Crippen LogP contribution in [0.15, 0.2) is 10.7 Å². The van der Waals surface area contributed by atoms with Crippen molar-refractivity contribution >= 4 is 27.7 Å². The van der Waals surface area contributed by atoms with Crippen molar-refractivity contribution in [3.05, 3.63) is 10.7 Å². The molecule has 90 valence electrons. The van der Waals surface area contributed by atoms with Crippen molar-refractivity contribution < 1.29 is 5.11 Å². The van der Waals surface area contributed by atoms with Crippen LogP contribution in [0.3, 0.4) is 0 Å². The lowest BCUT2D eigenvalue weighted by Crippen LogP contribution is -2.15. The third kappa shape index (κ3) is 3.92. The molecule has 1 heterocycles. The molecule has 1 atom stereocenters. The standard InChI is InChI=1S/C9H16BrN5O/c1-2-6(16)3-4-12-8-7(10)5-13-9(14-8)15-11/h5-6,16H,2-4,11H2,1H3,(H2,12,13,14,15). The maximum atomic E-state index is 9.39. The summed E-state index contributed by atoms with van der Waals surface area (Å²) in [7, 11) is 0. The second-order valence-corrected chi connectivity index (χ2v) is 4.17. The Bertz CT molecular complexity index is 336. The predicted octanol–water partition coefficient (Wildman–Crippen LogP) is 1.10. The van der Waals surface area contributed by atoms with Gasteiger partial charge in [-0.1, -0.05) is 6.92 Å². The number of aliphatic hydroxyl groups excluding tert-OH is 1. The second kappa shape index (κ2) is 6.62. The van der Waals surface area contributed by atoms with Gasteiger partial charge in [0.2, 0.25) is 5.95 Å². The molecule has 0 aliphatic heterocycles. The molecule has 1 unspecified atom stereocenters. The summed E-state index contributed by atoms with van der Waals surface area (Å²) in [5, 5.41) is 12.5. The van der Waals surface area contributed by atoms with Crippen molar-refractivity contribution in [1.29, 1.82) is 0 Å². The van der Waals surface area contributed by atoms with Crippen LogP contribution in [0.4, 0.5) is 11.8 Å². The van der Waals surface area contributed by atoms with Crippen LogP contribution < -0.4 is 16.6 Å². The lowest BCUT2D eigenvalue weighted by Gasteiger charge is -2.10. The van der Waals surface area contributed by atoms with Crippen molar-refractivity contribution in [2.24, 2.45) is 5.84 Å². The lowest BCUT2D eigenvalue weighted by molar-refractivity contribution is 0.164. The molecule has 0 radical (unpaired) electrons. The zero-order valence-corrected chi connectivity index (χ0v) is 10.7. The zero-order valence-electron chi connectivity index (χ0n) is 9.07. The van der Waals surface area contributed by atoms with Gasteiger partial charge in [-0.25, -0.2) is 10.8 Å². The Labute approximate surface area is 103 Å². The Hall–Kier alpha value is -0.920. The largest absolute Gasteiger partial charge is 0.393 e. The van der Waals surface area contributed by atoms with E-state index in [2.05, 4.69) is 36.6 Å². The number of hydrogen-bond donors (Lipinski definition) is 4. The van der Waals surface area contributed by atoms with E-state index in [9.17, 15) is 5.11 Å². The summed E-state index contributed by atoms with van der Waals surface area (Å²) < 4.78 is 0.762. The highest BCUT2D eigenvalue weighted by molar-refractivity contribution is 9.10. The molecule has 0 amide bonds. The van der Waals surface area contributed by atoms with Crippen LogP contribution in [-0.4, -0.2) is 27.7 Å². The molecule has 6 nitrogen and oxygen atoms in total. The van der Waals surface area contributed by atoms with Gasteiger partial charge < -0.3 is 10.4 Å². The van der Waals surface area contributed by atoms with Gasteiger partial charge in [0.1, 0.15) is 5.82 Å². The SMILES string of the molecule is CCC(O)CCNc1nc(NN)ncc1Br. The number of aromatic nitrogens is 2. The van der Waals surface area contributed by atoms with E-state index in [0.717, 1.165) is 10.9 Å². The number of anilines is 2. The van der Waals surface area contributed by atoms with Crippen LogP contribution in [0.2, 0.25) is 0 Å². The van der Waals surface area contributed by atoms with Crippen LogP contribution in [0.5, 0.6) is 0 Å². The van der Waals surface area contributed by atoms with Crippen molar-refractivity contribution in [3.8, 4) is 0 Å². The fraction of sp³-hybridized carbons (Fsp3) is 0.556. The van der Waals surface area contributed by atoms with Crippen LogP contribution in [-0.2, 0) is 0 Å². The Morgan fingerprint density at radius 2 is 2.38 bits per heavy atom. The topological polar surface area (TPSA) is 96.1 Å². The summed E-state index contributed by atoms with van der Waals surface area (Å²) in [5.74, 6) is 6.22. The average Bonchev–Trinajstić information content (AvgIpc) is 2.31. The number of hydrazine groups is 1. The zero-order chi connectivity index (χ0) is 12.0. The van der Waals surface area contributed by atoms with Gasteiger partial charge in [-0.05, 0) is 28.8 Å². The number of nitrogens with zero attached hydrogens (tertiary/aromatic N) is 2. The summed E-state index contributed by atoms with van der Waals surface area (Å²) in [6.07, 6.45) is 2.77.